The number of hydrogen-bond acceptors (Lipinski definition) is 2. The summed E-state index contributed by atoms with van der Waals surface area (Å²) in [5, 5.41) is 13.3. The molecule has 0 unspecified atom stereocenters. The van der Waals surface area contributed by atoms with Crippen LogP contribution in [0.4, 0.5) is 0 Å². The van der Waals surface area contributed by atoms with Crippen LogP contribution in [0.3, 0.4) is 0 Å². The Balaban J connectivity index is 2.33. The van der Waals surface area contributed by atoms with Crippen LogP contribution in [0.2, 0.25) is 0 Å². The molecule has 0 amide bonds. The molecule has 1 aromatic heterocycles. The predicted octanol–water partition coefficient (Wildman–Crippen LogP) is 2.36. The summed E-state index contributed by atoms with van der Waals surface area (Å²) in [4.78, 5) is 11.0. The van der Waals surface area contributed by atoms with Crippen molar-refractivity contribution < 1.29 is 9.90 Å². The third kappa shape index (κ3) is 1.72. The predicted molar refractivity (Wildman–Crippen MR) is 60.4 cm³/mol. The van der Waals surface area contributed by atoms with Crippen LogP contribution in [0, 0.1) is 0 Å². The fourth-order valence-corrected chi connectivity index (χ4v) is 2.56. The van der Waals surface area contributed by atoms with Crippen molar-refractivity contribution in [3.8, 4) is 0 Å². The zero-order chi connectivity index (χ0) is 11.8. The van der Waals surface area contributed by atoms with Crippen molar-refractivity contribution in [2.24, 2.45) is 0 Å². The maximum absolute atomic E-state index is 11.0. The molecule has 1 fully saturated rings. The van der Waals surface area contributed by atoms with Crippen LogP contribution in [0.15, 0.2) is 12.3 Å². The lowest BCUT2D eigenvalue weighted by Crippen LogP contribution is -2.39. The van der Waals surface area contributed by atoms with Gasteiger partial charge in [0.05, 0.1) is 6.42 Å². The zero-order valence-corrected chi connectivity index (χ0v) is 9.81. The van der Waals surface area contributed by atoms with E-state index in [4.69, 9.17) is 5.11 Å². The molecule has 0 spiro atoms. The molecule has 16 heavy (non-hydrogen) atoms. The van der Waals surface area contributed by atoms with Crippen LogP contribution in [-0.4, -0.2) is 20.9 Å². The third-order valence-electron chi connectivity index (χ3n) is 3.50. The van der Waals surface area contributed by atoms with Gasteiger partial charge in [-0.3, -0.25) is 9.48 Å². The molecule has 2 rings (SSSR count). The number of carboxylic acid groups (broad SMARTS) is 1. The fourth-order valence-electron chi connectivity index (χ4n) is 2.56. The Kier molecular flexibility index (Phi) is 2.74. The van der Waals surface area contributed by atoms with Gasteiger partial charge >= 0.3 is 5.97 Å². The molecule has 1 N–H and O–H groups in total. The molecule has 0 saturated heterocycles. The number of carboxylic acids is 1. The molecule has 0 aromatic carbocycles. The van der Waals surface area contributed by atoms with Crippen LogP contribution in [0.1, 0.15) is 51.3 Å². The maximum Gasteiger partial charge on any atom is 0.304 e. The molecule has 0 bridgehead atoms. The normalized spacial score (nSPS) is 18.4. The summed E-state index contributed by atoms with van der Waals surface area (Å²) in [6, 6.07) is 2.26. The van der Waals surface area contributed by atoms with Gasteiger partial charge in [-0.1, -0.05) is 6.42 Å². The summed E-state index contributed by atoms with van der Waals surface area (Å²) in [7, 11) is 0. The molecule has 0 atom stereocenters. The second-order valence-electron chi connectivity index (χ2n) is 4.96. The van der Waals surface area contributed by atoms with Crippen LogP contribution in [0.5, 0.6) is 0 Å². The second kappa shape index (κ2) is 3.92. The molecular formula is C12H18N2O2. The lowest BCUT2D eigenvalue weighted by Gasteiger charge is -2.41. The summed E-state index contributed by atoms with van der Waals surface area (Å²) in [6.07, 6.45) is 5.06. The number of carbonyl (C=O) groups is 1. The lowest BCUT2D eigenvalue weighted by atomic mass is 9.64. The van der Waals surface area contributed by atoms with E-state index in [0.29, 0.717) is 0 Å². The van der Waals surface area contributed by atoms with Crippen molar-refractivity contribution in [1.82, 2.24) is 9.78 Å². The summed E-state index contributed by atoms with van der Waals surface area (Å²) in [6.45, 7) is 4.15. The third-order valence-corrected chi connectivity index (χ3v) is 3.50. The quantitative estimate of drug-likeness (QED) is 0.850. The van der Waals surface area contributed by atoms with E-state index in [9.17, 15) is 4.79 Å². The van der Waals surface area contributed by atoms with E-state index in [-0.39, 0.29) is 17.9 Å². The summed E-state index contributed by atoms with van der Waals surface area (Å²) < 4.78 is 1.96. The van der Waals surface area contributed by atoms with Gasteiger partial charge in [0, 0.05) is 23.3 Å². The Hall–Kier alpha value is -1.32. The number of aliphatic carboxylic acids is 1. The maximum atomic E-state index is 11.0. The molecule has 4 nitrogen and oxygen atoms in total. The highest BCUT2D eigenvalue weighted by molar-refractivity contribution is 5.69. The van der Waals surface area contributed by atoms with Crippen molar-refractivity contribution in [2.75, 3.05) is 0 Å². The first-order valence-electron chi connectivity index (χ1n) is 5.81. The van der Waals surface area contributed by atoms with Crippen LogP contribution < -0.4 is 0 Å². The van der Waals surface area contributed by atoms with Crippen molar-refractivity contribution in [2.45, 2.75) is 51.0 Å². The van der Waals surface area contributed by atoms with E-state index in [1.165, 1.54) is 0 Å². The number of rotatable bonds is 4. The molecule has 1 aliphatic rings. The van der Waals surface area contributed by atoms with Gasteiger partial charge in [-0.05, 0) is 32.8 Å². The van der Waals surface area contributed by atoms with Gasteiger partial charge in [0.2, 0.25) is 0 Å². The fraction of sp³-hybridized carbons (Fsp3) is 0.667. The SMILES string of the molecule is CC(C)n1nccc1C1(CC(=O)O)CCC1. The van der Waals surface area contributed by atoms with E-state index in [0.717, 1.165) is 25.0 Å². The first-order chi connectivity index (χ1) is 7.55. The van der Waals surface area contributed by atoms with Crippen molar-refractivity contribution >= 4 is 5.97 Å². The summed E-state index contributed by atoms with van der Waals surface area (Å²) in [5.41, 5.74) is 0.934. The second-order valence-corrected chi connectivity index (χ2v) is 4.96. The van der Waals surface area contributed by atoms with Gasteiger partial charge in [-0.2, -0.15) is 5.10 Å². The highest BCUT2D eigenvalue weighted by Gasteiger charge is 2.43. The zero-order valence-electron chi connectivity index (χ0n) is 9.81. The van der Waals surface area contributed by atoms with E-state index in [2.05, 4.69) is 18.9 Å². The van der Waals surface area contributed by atoms with E-state index in [1.54, 1.807) is 6.20 Å². The Morgan fingerprint density at radius 1 is 1.62 bits per heavy atom. The minimum Gasteiger partial charge on any atom is -0.481 e. The molecule has 1 saturated carbocycles. The molecule has 1 heterocycles. The van der Waals surface area contributed by atoms with Crippen LogP contribution in [-0.2, 0) is 10.2 Å². The molecule has 0 radical (unpaired) electrons. The highest BCUT2D eigenvalue weighted by Crippen LogP contribution is 2.46. The summed E-state index contributed by atoms with van der Waals surface area (Å²) >= 11 is 0. The Morgan fingerprint density at radius 2 is 2.31 bits per heavy atom. The Bertz CT molecular complexity index is 391. The number of nitrogens with zero attached hydrogens (tertiary/aromatic N) is 2. The average molecular weight is 222 g/mol. The Morgan fingerprint density at radius 3 is 2.75 bits per heavy atom. The van der Waals surface area contributed by atoms with Crippen molar-refractivity contribution in [3.63, 3.8) is 0 Å². The molecule has 4 heteroatoms. The molecular weight excluding hydrogens is 204 g/mol. The average Bonchev–Trinajstić information content (AvgIpc) is 2.59. The number of hydrogen-bond donors (Lipinski definition) is 1. The molecule has 0 aliphatic heterocycles. The van der Waals surface area contributed by atoms with Gasteiger partial charge in [-0.25, -0.2) is 0 Å². The smallest absolute Gasteiger partial charge is 0.304 e. The largest absolute Gasteiger partial charge is 0.481 e. The first-order valence-corrected chi connectivity index (χ1v) is 5.81. The Labute approximate surface area is 95.3 Å². The highest BCUT2D eigenvalue weighted by atomic mass is 16.4. The van der Waals surface area contributed by atoms with Gasteiger partial charge in [-0.15, -0.1) is 0 Å². The topological polar surface area (TPSA) is 55.1 Å². The van der Waals surface area contributed by atoms with Gasteiger partial charge in [0.25, 0.3) is 0 Å². The van der Waals surface area contributed by atoms with E-state index >= 15 is 0 Å². The molecule has 1 aliphatic carbocycles. The van der Waals surface area contributed by atoms with Gasteiger partial charge in [0.15, 0.2) is 0 Å². The van der Waals surface area contributed by atoms with E-state index in [1.807, 2.05) is 10.7 Å². The summed E-state index contributed by atoms with van der Waals surface area (Å²) in [5.74, 6) is -0.712. The monoisotopic (exact) mass is 222 g/mol. The standard InChI is InChI=1S/C12H18N2O2/c1-9(2)14-10(4-7-13-14)12(5-3-6-12)8-11(15)16/h4,7,9H,3,5-6,8H2,1-2H3,(H,15,16). The molecule has 1 aromatic rings. The van der Waals surface area contributed by atoms with Gasteiger partial charge in [0.1, 0.15) is 0 Å². The van der Waals surface area contributed by atoms with Crippen LogP contribution >= 0.6 is 0 Å². The van der Waals surface area contributed by atoms with Crippen molar-refractivity contribution in [1.29, 1.82) is 0 Å². The van der Waals surface area contributed by atoms with Crippen LogP contribution in [0.25, 0.3) is 0 Å². The lowest BCUT2D eigenvalue weighted by molar-refractivity contribution is -0.139. The number of aromatic nitrogens is 2. The minimum absolute atomic E-state index is 0.160. The van der Waals surface area contributed by atoms with E-state index < -0.39 is 5.97 Å². The molecule has 88 valence electrons. The van der Waals surface area contributed by atoms with Gasteiger partial charge < -0.3 is 5.11 Å². The minimum atomic E-state index is -0.712. The first kappa shape index (κ1) is 11.2. The van der Waals surface area contributed by atoms with Crippen molar-refractivity contribution in [3.05, 3.63) is 18.0 Å².